The van der Waals surface area contributed by atoms with E-state index in [0.717, 1.165) is 0 Å². The van der Waals surface area contributed by atoms with Gasteiger partial charge in [0, 0.05) is 23.9 Å². The number of hydrogen-bond acceptors (Lipinski definition) is 5. The molecule has 112 valence electrons. The summed E-state index contributed by atoms with van der Waals surface area (Å²) >= 11 is 1.53. The Balaban J connectivity index is 2.77. The molecular weight excluding hydrogens is 278 g/mol. The van der Waals surface area contributed by atoms with Gasteiger partial charge in [-0.2, -0.15) is 11.8 Å². The van der Waals surface area contributed by atoms with Gasteiger partial charge in [0.15, 0.2) is 0 Å². The first-order valence-electron chi connectivity index (χ1n) is 6.14. The van der Waals surface area contributed by atoms with Crippen molar-refractivity contribution in [1.29, 1.82) is 0 Å². The van der Waals surface area contributed by atoms with E-state index in [1.54, 1.807) is 25.1 Å². The lowest BCUT2D eigenvalue weighted by molar-refractivity contribution is 0.0725. The molecular formula is C14H21NO4S. The molecule has 0 radical (unpaired) electrons. The minimum Gasteiger partial charge on any atom is -0.497 e. The van der Waals surface area contributed by atoms with Crippen molar-refractivity contribution >= 4 is 17.7 Å². The maximum atomic E-state index is 12.1. The molecule has 6 heteroatoms. The summed E-state index contributed by atoms with van der Waals surface area (Å²) in [6.07, 6.45) is 1.91. The zero-order valence-corrected chi connectivity index (χ0v) is 13.0. The van der Waals surface area contributed by atoms with Gasteiger partial charge < -0.3 is 19.9 Å². The highest BCUT2D eigenvalue weighted by Crippen LogP contribution is 2.22. The average Bonchev–Trinajstić information content (AvgIpc) is 2.44. The number of nitrogens with one attached hydrogen (secondary N) is 1. The SMILES string of the molecule is COc1cc(OC)cc(C(=O)NCC(C)(O)CSC)c1. The molecule has 5 nitrogen and oxygen atoms in total. The van der Waals surface area contributed by atoms with Crippen LogP contribution in [-0.4, -0.2) is 49.4 Å². The fourth-order valence-electron chi connectivity index (χ4n) is 1.67. The van der Waals surface area contributed by atoms with Crippen LogP contribution in [0, 0.1) is 0 Å². The van der Waals surface area contributed by atoms with Crippen LogP contribution >= 0.6 is 11.8 Å². The van der Waals surface area contributed by atoms with Gasteiger partial charge in [-0.3, -0.25) is 4.79 Å². The molecule has 0 aliphatic carbocycles. The molecule has 0 aliphatic rings. The molecule has 0 heterocycles. The van der Waals surface area contributed by atoms with E-state index in [1.807, 2.05) is 6.26 Å². The maximum Gasteiger partial charge on any atom is 0.251 e. The normalized spacial score (nSPS) is 13.4. The summed E-state index contributed by atoms with van der Waals surface area (Å²) in [4.78, 5) is 12.1. The fraction of sp³-hybridized carbons (Fsp3) is 0.500. The highest BCUT2D eigenvalue weighted by atomic mass is 32.2. The van der Waals surface area contributed by atoms with Crippen molar-refractivity contribution in [2.24, 2.45) is 0 Å². The Morgan fingerprint density at radius 2 is 1.85 bits per heavy atom. The molecule has 2 N–H and O–H groups in total. The van der Waals surface area contributed by atoms with Gasteiger partial charge in [-0.25, -0.2) is 0 Å². The number of carbonyl (C=O) groups excluding carboxylic acids is 1. The molecule has 0 fully saturated rings. The standard InChI is InChI=1S/C14H21NO4S/c1-14(17,9-20-4)8-15-13(16)10-5-11(18-2)7-12(6-10)19-3/h5-7,17H,8-9H2,1-4H3,(H,15,16). The van der Waals surface area contributed by atoms with Crippen LogP contribution in [0.5, 0.6) is 11.5 Å². The second kappa shape index (κ2) is 7.40. The van der Waals surface area contributed by atoms with Crippen molar-refractivity contribution in [3.63, 3.8) is 0 Å². The number of benzene rings is 1. The number of amides is 1. The monoisotopic (exact) mass is 299 g/mol. The number of thioether (sulfide) groups is 1. The molecule has 0 spiro atoms. The molecule has 0 bridgehead atoms. The molecule has 20 heavy (non-hydrogen) atoms. The Kier molecular flexibility index (Phi) is 6.16. The molecule has 0 aliphatic heterocycles. The first kappa shape index (κ1) is 16.7. The highest BCUT2D eigenvalue weighted by molar-refractivity contribution is 7.98. The lowest BCUT2D eigenvalue weighted by Gasteiger charge is -2.22. The molecule has 1 atom stereocenters. The second-order valence-corrected chi connectivity index (χ2v) is 5.58. The summed E-state index contributed by atoms with van der Waals surface area (Å²) in [5, 5.41) is 12.7. The summed E-state index contributed by atoms with van der Waals surface area (Å²) in [6, 6.07) is 4.95. The van der Waals surface area contributed by atoms with Crippen molar-refractivity contribution < 1.29 is 19.4 Å². The van der Waals surface area contributed by atoms with Crippen LogP contribution in [0.15, 0.2) is 18.2 Å². The molecule has 1 amide bonds. The van der Waals surface area contributed by atoms with Crippen LogP contribution in [0.2, 0.25) is 0 Å². The van der Waals surface area contributed by atoms with Crippen LogP contribution < -0.4 is 14.8 Å². The number of methoxy groups -OCH3 is 2. The van der Waals surface area contributed by atoms with Gasteiger partial charge in [-0.05, 0) is 25.3 Å². The Morgan fingerprint density at radius 3 is 2.30 bits per heavy atom. The molecule has 1 aromatic carbocycles. The first-order chi connectivity index (χ1) is 9.41. The average molecular weight is 299 g/mol. The second-order valence-electron chi connectivity index (χ2n) is 4.71. The minimum absolute atomic E-state index is 0.187. The Bertz CT molecular complexity index is 440. The number of hydrogen-bond donors (Lipinski definition) is 2. The Morgan fingerprint density at radius 1 is 1.30 bits per heavy atom. The first-order valence-corrected chi connectivity index (χ1v) is 7.54. The van der Waals surface area contributed by atoms with Crippen LogP contribution in [-0.2, 0) is 0 Å². The summed E-state index contributed by atoms with van der Waals surface area (Å²) in [6.45, 7) is 1.88. The van der Waals surface area contributed by atoms with E-state index in [4.69, 9.17) is 9.47 Å². The van der Waals surface area contributed by atoms with Crippen LogP contribution in [0.3, 0.4) is 0 Å². The van der Waals surface area contributed by atoms with E-state index in [1.165, 1.54) is 26.0 Å². The largest absolute Gasteiger partial charge is 0.497 e. The molecule has 0 saturated carbocycles. The fourth-order valence-corrected chi connectivity index (χ4v) is 2.40. The van der Waals surface area contributed by atoms with E-state index < -0.39 is 5.60 Å². The van der Waals surface area contributed by atoms with E-state index in [0.29, 0.717) is 22.8 Å². The van der Waals surface area contributed by atoms with Crippen molar-refractivity contribution in [3.8, 4) is 11.5 Å². The zero-order chi connectivity index (χ0) is 15.2. The maximum absolute atomic E-state index is 12.1. The molecule has 0 aromatic heterocycles. The number of rotatable bonds is 7. The Labute approximate surface area is 123 Å². The van der Waals surface area contributed by atoms with Gasteiger partial charge >= 0.3 is 0 Å². The van der Waals surface area contributed by atoms with Gasteiger partial charge in [0.05, 0.1) is 19.8 Å². The van der Waals surface area contributed by atoms with E-state index >= 15 is 0 Å². The van der Waals surface area contributed by atoms with Gasteiger partial charge in [-0.15, -0.1) is 0 Å². The minimum atomic E-state index is -0.933. The van der Waals surface area contributed by atoms with E-state index in [2.05, 4.69) is 5.32 Å². The van der Waals surface area contributed by atoms with Gasteiger partial charge in [0.2, 0.25) is 0 Å². The summed E-state index contributed by atoms with van der Waals surface area (Å²) in [5.74, 6) is 1.37. The summed E-state index contributed by atoms with van der Waals surface area (Å²) in [7, 11) is 3.06. The highest BCUT2D eigenvalue weighted by Gasteiger charge is 2.21. The van der Waals surface area contributed by atoms with Crippen molar-refractivity contribution in [3.05, 3.63) is 23.8 Å². The number of aliphatic hydroxyl groups is 1. The zero-order valence-electron chi connectivity index (χ0n) is 12.2. The number of ether oxygens (including phenoxy) is 2. The third kappa shape index (κ3) is 4.94. The topological polar surface area (TPSA) is 67.8 Å². The summed E-state index contributed by atoms with van der Waals surface area (Å²) in [5.41, 5.74) is -0.501. The van der Waals surface area contributed by atoms with Crippen LogP contribution in [0.25, 0.3) is 0 Å². The molecule has 1 rings (SSSR count). The predicted octanol–water partition coefficient (Wildman–Crippen LogP) is 1.55. The van der Waals surface area contributed by atoms with Crippen molar-refractivity contribution in [2.75, 3.05) is 32.8 Å². The van der Waals surface area contributed by atoms with Gasteiger partial charge in [0.25, 0.3) is 5.91 Å². The van der Waals surface area contributed by atoms with Crippen molar-refractivity contribution in [1.82, 2.24) is 5.32 Å². The third-order valence-corrected chi connectivity index (χ3v) is 3.61. The van der Waals surface area contributed by atoms with E-state index in [-0.39, 0.29) is 12.5 Å². The summed E-state index contributed by atoms with van der Waals surface area (Å²) < 4.78 is 10.2. The predicted molar refractivity (Wildman–Crippen MR) is 80.9 cm³/mol. The van der Waals surface area contributed by atoms with E-state index in [9.17, 15) is 9.90 Å². The lowest BCUT2D eigenvalue weighted by Crippen LogP contribution is -2.42. The van der Waals surface area contributed by atoms with Crippen LogP contribution in [0.4, 0.5) is 0 Å². The molecule has 1 unspecified atom stereocenters. The third-order valence-electron chi connectivity index (χ3n) is 2.70. The lowest BCUT2D eigenvalue weighted by atomic mass is 10.1. The Hall–Kier alpha value is -1.40. The number of carbonyl (C=O) groups is 1. The quantitative estimate of drug-likeness (QED) is 0.799. The smallest absolute Gasteiger partial charge is 0.251 e. The molecule has 1 aromatic rings. The van der Waals surface area contributed by atoms with Crippen LogP contribution in [0.1, 0.15) is 17.3 Å². The van der Waals surface area contributed by atoms with Gasteiger partial charge in [-0.1, -0.05) is 0 Å². The van der Waals surface area contributed by atoms with Crippen molar-refractivity contribution in [2.45, 2.75) is 12.5 Å². The van der Waals surface area contributed by atoms with Gasteiger partial charge in [0.1, 0.15) is 11.5 Å². The molecule has 0 saturated heterocycles.